The Hall–Kier alpha value is -1.81. The number of aryl methyl sites for hydroxylation is 1. The molecule has 0 radical (unpaired) electrons. The molecule has 0 spiro atoms. The van der Waals surface area contributed by atoms with Crippen LogP contribution in [0.15, 0.2) is 30.3 Å². The fraction of sp³-hybridized carbons (Fsp3) is 0.500. The van der Waals surface area contributed by atoms with Crippen LogP contribution in [-0.4, -0.2) is 12.7 Å². The van der Waals surface area contributed by atoms with E-state index in [2.05, 4.69) is 6.92 Å². The molecule has 3 rings (SSSR count). The highest BCUT2D eigenvalue weighted by atomic mass is 19.2. The maximum absolute atomic E-state index is 14.8. The van der Waals surface area contributed by atoms with E-state index in [9.17, 15) is 13.2 Å². The minimum Gasteiger partial charge on any atom is -0.378 e. The molecule has 152 valence electrons. The summed E-state index contributed by atoms with van der Waals surface area (Å²) in [5.74, 6) is -2.25. The maximum Gasteiger partial charge on any atom is 0.166 e. The normalized spacial score (nSPS) is 19.8. The van der Waals surface area contributed by atoms with E-state index in [-0.39, 0.29) is 23.4 Å². The molecule has 1 aliphatic heterocycles. The van der Waals surface area contributed by atoms with E-state index in [4.69, 9.17) is 4.74 Å². The molecule has 0 bridgehead atoms. The molecule has 2 aromatic carbocycles. The molecule has 0 saturated carbocycles. The van der Waals surface area contributed by atoms with Crippen molar-refractivity contribution >= 4 is 0 Å². The van der Waals surface area contributed by atoms with Crippen molar-refractivity contribution in [3.8, 4) is 11.1 Å². The lowest BCUT2D eigenvalue weighted by atomic mass is 9.88. The van der Waals surface area contributed by atoms with Gasteiger partial charge in [-0.25, -0.2) is 13.2 Å². The van der Waals surface area contributed by atoms with Gasteiger partial charge in [-0.2, -0.15) is 0 Å². The molecular weight excluding hydrogens is 361 g/mol. The zero-order chi connectivity index (χ0) is 20.1. The summed E-state index contributed by atoms with van der Waals surface area (Å²) >= 11 is 0. The summed E-state index contributed by atoms with van der Waals surface area (Å²) in [5, 5.41) is 0. The first-order valence-electron chi connectivity index (χ1n) is 10.4. The molecule has 0 aliphatic carbocycles. The zero-order valence-corrected chi connectivity index (χ0v) is 16.7. The van der Waals surface area contributed by atoms with Gasteiger partial charge >= 0.3 is 0 Å². The van der Waals surface area contributed by atoms with Crippen molar-refractivity contribution in [2.24, 2.45) is 0 Å². The lowest BCUT2D eigenvalue weighted by Gasteiger charge is -2.29. The molecule has 0 amide bonds. The second-order valence-electron chi connectivity index (χ2n) is 7.76. The van der Waals surface area contributed by atoms with Gasteiger partial charge in [0.2, 0.25) is 0 Å². The number of ether oxygens (including phenoxy) is 1. The highest BCUT2D eigenvalue weighted by molar-refractivity contribution is 5.65. The van der Waals surface area contributed by atoms with E-state index in [0.717, 1.165) is 38.5 Å². The van der Waals surface area contributed by atoms with Crippen LogP contribution in [0, 0.1) is 17.5 Å². The SMILES string of the molecule is CCCCC1CCC(c2ccc(-c3ccc(CCC)c(F)c3)c(F)c2F)CO1. The first-order chi connectivity index (χ1) is 13.5. The Morgan fingerprint density at radius 3 is 2.43 bits per heavy atom. The Kier molecular flexibility index (Phi) is 7.17. The maximum atomic E-state index is 14.8. The highest BCUT2D eigenvalue weighted by Gasteiger charge is 2.27. The minimum absolute atomic E-state index is 0.0979. The fourth-order valence-electron chi connectivity index (χ4n) is 4.00. The molecule has 28 heavy (non-hydrogen) atoms. The van der Waals surface area contributed by atoms with Crippen LogP contribution < -0.4 is 0 Å². The first-order valence-corrected chi connectivity index (χ1v) is 10.4. The zero-order valence-electron chi connectivity index (χ0n) is 16.7. The predicted molar refractivity (Wildman–Crippen MR) is 107 cm³/mol. The van der Waals surface area contributed by atoms with Crippen molar-refractivity contribution in [1.82, 2.24) is 0 Å². The van der Waals surface area contributed by atoms with Crippen LogP contribution in [-0.2, 0) is 11.2 Å². The van der Waals surface area contributed by atoms with Crippen molar-refractivity contribution in [1.29, 1.82) is 0 Å². The van der Waals surface area contributed by atoms with Gasteiger partial charge < -0.3 is 4.74 Å². The molecule has 1 heterocycles. The van der Waals surface area contributed by atoms with Gasteiger partial charge in [0.05, 0.1) is 12.7 Å². The molecular formula is C24H29F3O. The van der Waals surface area contributed by atoms with Gasteiger partial charge in [-0.05, 0) is 48.4 Å². The molecule has 0 aromatic heterocycles. The molecule has 4 heteroatoms. The van der Waals surface area contributed by atoms with Gasteiger partial charge in [0.1, 0.15) is 5.82 Å². The lowest BCUT2D eigenvalue weighted by Crippen LogP contribution is -2.25. The number of hydrogen-bond acceptors (Lipinski definition) is 1. The largest absolute Gasteiger partial charge is 0.378 e. The predicted octanol–water partition coefficient (Wildman–Crippen LogP) is 7.18. The smallest absolute Gasteiger partial charge is 0.166 e. The van der Waals surface area contributed by atoms with Crippen LogP contribution in [0.25, 0.3) is 11.1 Å². The van der Waals surface area contributed by atoms with Crippen LogP contribution in [0.4, 0.5) is 13.2 Å². The third-order valence-corrected chi connectivity index (χ3v) is 5.69. The lowest BCUT2D eigenvalue weighted by molar-refractivity contribution is -0.00258. The number of benzene rings is 2. The fourth-order valence-corrected chi connectivity index (χ4v) is 4.00. The van der Waals surface area contributed by atoms with Crippen molar-refractivity contribution in [3.05, 3.63) is 58.9 Å². The summed E-state index contributed by atoms with van der Waals surface area (Å²) in [4.78, 5) is 0. The third-order valence-electron chi connectivity index (χ3n) is 5.69. The topological polar surface area (TPSA) is 9.23 Å². The Balaban J connectivity index is 1.78. The van der Waals surface area contributed by atoms with E-state index in [1.165, 1.54) is 6.07 Å². The molecule has 0 N–H and O–H groups in total. The van der Waals surface area contributed by atoms with Gasteiger partial charge in [0, 0.05) is 11.5 Å². The summed E-state index contributed by atoms with van der Waals surface area (Å²) in [7, 11) is 0. The first kappa shape index (κ1) is 20.9. The second kappa shape index (κ2) is 9.60. The average Bonchev–Trinajstić information content (AvgIpc) is 2.71. The molecule has 2 atom stereocenters. The quantitative estimate of drug-likeness (QED) is 0.487. The summed E-state index contributed by atoms with van der Waals surface area (Å²) < 4.78 is 49.7. The minimum atomic E-state index is -0.909. The monoisotopic (exact) mass is 390 g/mol. The van der Waals surface area contributed by atoms with Gasteiger partial charge in [-0.3, -0.25) is 0 Å². The number of hydrogen-bond donors (Lipinski definition) is 0. The molecule has 1 aliphatic rings. The van der Waals surface area contributed by atoms with E-state index >= 15 is 0 Å². The Morgan fingerprint density at radius 2 is 1.79 bits per heavy atom. The van der Waals surface area contributed by atoms with E-state index < -0.39 is 11.6 Å². The Bertz CT molecular complexity index is 795. The third kappa shape index (κ3) is 4.60. The Labute approximate surface area is 165 Å². The molecule has 2 unspecified atom stereocenters. The summed E-state index contributed by atoms with van der Waals surface area (Å²) in [6.07, 6.45) is 6.64. The average molecular weight is 390 g/mol. The number of halogens is 3. The van der Waals surface area contributed by atoms with Crippen LogP contribution in [0.3, 0.4) is 0 Å². The van der Waals surface area contributed by atoms with Gasteiger partial charge in [0.25, 0.3) is 0 Å². The Morgan fingerprint density at radius 1 is 0.964 bits per heavy atom. The molecule has 1 saturated heterocycles. The van der Waals surface area contributed by atoms with Gasteiger partial charge in [-0.1, -0.05) is 57.4 Å². The van der Waals surface area contributed by atoms with Crippen LogP contribution in [0.5, 0.6) is 0 Å². The summed E-state index contributed by atoms with van der Waals surface area (Å²) in [5.41, 5.74) is 1.42. The van der Waals surface area contributed by atoms with Crippen LogP contribution >= 0.6 is 0 Å². The van der Waals surface area contributed by atoms with Crippen molar-refractivity contribution in [2.75, 3.05) is 6.61 Å². The molecule has 2 aromatic rings. The van der Waals surface area contributed by atoms with Crippen LogP contribution in [0.1, 0.15) is 69.4 Å². The standard InChI is InChI=1S/C24H29F3O/c1-3-5-7-19-11-10-18(15-28-19)21-13-12-20(23(26)24(21)27)17-9-8-16(6-4-2)22(25)14-17/h8-9,12-14,18-19H,3-7,10-11,15H2,1-2H3. The second-order valence-corrected chi connectivity index (χ2v) is 7.76. The van der Waals surface area contributed by atoms with Gasteiger partial charge in [0.15, 0.2) is 11.6 Å². The molecule has 1 nitrogen and oxygen atoms in total. The number of unbranched alkanes of at least 4 members (excludes halogenated alkanes) is 1. The van der Waals surface area contributed by atoms with Crippen molar-refractivity contribution in [2.45, 2.75) is 70.8 Å². The number of rotatable bonds is 7. The van der Waals surface area contributed by atoms with Crippen LogP contribution in [0.2, 0.25) is 0 Å². The highest BCUT2D eigenvalue weighted by Crippen LogP contribution is 2.35. The summed E-state index contributed by atoms with van der Waals surface area (Å²) in [6, 6.07) is 7.81. The van der Waals surface area contributed by atoms with E-state index in [1.807, 2.05) is 6.92 Å². The van der Waals surface area contributed by atoms with Crippen molar-refractivity contribution in [3.63, 3.8) is 0 Å². The van der Waals surface area contributed by atoms with Gasteiger partial charge in [-0.15, -0.1) is 0 Å². The molecule has 1 fully saturated rings. The summed E-state index contributed by atoms with van der Waals surface area (Å²) in [6.45, 7) is 4.54. The van der Waals surface area contributed by atoms with E-state index in [1.54, 1.807) is 24.3 Å². The van der Waals surface area contributed by atoms with Crippen molar-refractivity contribution < 1.29 is 17.9 Å². The van der Waals surface area contributed by atoms with E-state index in [0.29, 0.717) is 29.7 Å².